The molecule has 0 saturated heterocycles. The van der Waals surface area contributed by atoms with E-state index in [9.17, 15) is 21.0 Å². The van der Waals surface area contributed by atoms with E-state index in [1.165, 1.54) is 5.39 Å². The van der Waals surface area contributed by atoms with E-state index in [4.69, 9.17) is 15.0 Å². The molecule has 13 rings (SSSR count). The van der Waals surface area contributed by atoms with Crippen molar-refractivity contribution in [3.63, 3.8) is 0 Å². The Morgan fingerprint density at radius 3 is 1.33 bits per heavy atom. The first-order valence-corrected chi connectivity index (χ1v) is 24.6. The van der Waals surface area contributed by atoms with Gasteiger partial charge in [-0.1, -0.05) is 140 Å². The summed E-state index contributed by atoms with van der Waals surface area (Å²) < 4.78 is 4.55. The van der Waals surface area contributed by atoms with Crippen LogP contribution in [0.25, 0.3) is 123 Å². The SMILES string of the molecule is N#Cc1ccc(-c2ccc3c(c2)c2cc(-c4ccc(C#N)cc4C#N)ccc2n3-c2ccc(-c3ccc4c5ccccc5n(-c5ccccc5)c4c3)cc2-c2nc(-c3ccccc3)nc(-c3ccccc3)n2)c(C#N)c1. The number of nitrogens with zero attached hydrogens (tertiary/aromatic N) is 9. The van der Waals surface area contributed by atoms with Crippen molar-refractivity contribution in [3.05, 3.63) is 247 Å². The molecule has 0 atom stereocenters. The average molecular weight is 968 g/mol. The molecule has 350 valence electrons. The van der Waals surface area contributed by atoms with E-state index in [0.29, 0.717) is 50.9 Å². The summed E-state index contributed by atoms with van der Waals surface area (Å²) in [5, 5.41) is 44.2. The van der Waals surface area contributed by atoms with Gasteiger partial charge < -0.3 is 9.13 Å². The lowest BCUT2D eigenvalue weighted by molar-refractivity contribution is 1.06. The standard InChI is InChI=1S/C67H37N9/c68-38-42-20-26-53(50(32-42)40-70)48-24-30-61-57(35-48)58-36-49(54-27-21-43(39-69)33-51(54)41-71)25-31-62(58)76(61)63-29-23-46(47-22-28-56-55-18-10-11-19-60(55)75(64(56)37-47)52-16-8-3-9-17-52)34-59(63)67-73-65(44-12-4-1-5-13-44)72-66(74-67)45-14-6-2-7-15-45/h1-37H. The first-order valence-electron chi connectivity index (χ1n) is 24.6. The van der Waals surface area contributed by atoms with Crippen LogP contribution in [-0.2, 0) is 0 Å². The van der Waals surface area contributed by atoms with Gasteiger partial charge in [-0.15, -0.1) is 0 Å². The zero-order chi connectivity index (χ0) is 51.3. The lowest BCUT2D eigenvalue weighted by atomic mass is 9.95. The maximum Gasteiger partial charge on any atom is 0.166 e. The summed E-state index contributed by atoms with van der Waals surface area (Å²) in [5.74, 6) is 1.52. The highest BCUT2D eigenvalue weighted by atomic mass is 15.1. The Balaban J connectivity index is 1.10. The first-order chi connectivity index (χ1) is 37.5. The third kappa shape index (κ3) is 7.58. The lowest BCUT2D eigenvalue weighted by Crippen LogP contribution is -2.04. The van der Waals surface area contributed by atoms with Crippen LogP contribution in [0.15, 0.2) is 224 Å². The van der Waals surface area contributed by atoms with Gasteiger partial charge in [0.2, 0.25) is 0 Å². The molecule has 0 aliphatic rings. The topological polar surface area (TPSA) is 144 Å². The summed E-state index contributed by atoms with van der Waals surface area (Å²) in [6.45, 7) is 0. The summed E-state index contributed by atoms with van der Waals surface area (Å²) in [7, 11) is 0. The minimum Gasteiger partial charge on any atom is -0.309 e. The number of para-hydroxylation sites is 2. The fourth-order valence-corrected chi connectivity index (χ4v) is 10.6. The molecule has 10 aromatic carbocycles. The van der Waals surface area contributed by atoms with Gasteiger partial charge in [0.15, 0.2) is 17.5 Å². The Hall–Kier alpha value is -11.2. The van der Waals surface area contributed by atoms with E-state index in [2.05, 4.69) is 143 Å². The summed E-state index contributed by atoms with van der Waals surface area (Å²) in [4.78, 5) is 15.7. The third-order valence-corrected chi connectivity index (χ3v) is 14.1. The van der Waals surface area contributed by atoms with E-state index in [1.54, 1.807) is 24.3 Å². The highest BCUT2D eigenvalue weighted by Crippen LogP contribution is 2.43. The molecule has 0 saturated carbocycles. The van der Waals surface area contributed by atoms with Crippen LogP contribution in [0.5, 0.6) is 0 Å². The van der Waals surface area contributed by atoms with Crippen molar-refractivity contribution in [1.82, 2.24) is 24.1 Å². The Morgan fingerprint density at radius 2 is 0.763 bits per heavy atom. The van der Waals surface area contributed by atoms with Gasteiger partial charge >= 0.3 is 0 Å². The van der Waals surface area contributed by atoms with Crippen LogP contribution in [0.2, 0.25) is 0 Å². The molecule has 3 heterocycles. The van der Waals surface area contributed by atoms with Crippen molar-refractivity contribution < 1.29 is 0 Å². The number of benzene rings is 10. The summed E-state index contributed by atoms with van der Waals surface area (Å²) in [6, 6.07) is 83.6. The third-order valence-electron chi connectivity index (χ3n) is 14.1. The fraction of sp³-hybridized carbons (Fsp3) is 0. The molecule has 3 aromatic heterocycles. The predicted molar refractivity (Wildman–Crippen MR) is 300 cm³/mol. The van der Waals surface area contributed by atoms with Gasteiger partial charge in [0.25, 0.3) is 0 Å². The number of aromatic nitrogens is 5. The first kappa shape index (κ1) is 44.7. The van der Waals surface area contributed by atoms with Crippen LogP contribution in [-0.4, -0.2) is 24.1 Å². The summed E-state index contributed by atoms with van der Waals surface area (Å²) in [5.41, 5.74) is 14.8. The monoisotopic (exact) mass is 967 g/mol. The van der Waals surface area contributed by atoms with Gasteiger partial charge in [0.1, 0.15) is 0 Å². The van der Waals surface area contributed by atoms with Gasteiger partial charge in [-0.2, -0.15) is 21.0 Å². The van der Waals surface area contributed by atoms with Crippen molar-refractivity contribution in [1.29, 1.82) is 21.0 Å². The summed E-state index contributed by atoms with van der Waals surface area (Å²) >= 11 is 0. The van der Waals surface area contributed by atoms with Crippen molar-refractivity contribution in [2.24, 2.45) is 0 Å². The van der Waals surface area contributed by atoms with E-state index < -0.39 is 0 Å². The molecule has 0 bridgehead atoms. The van der Waals surface area contributed by atoms with Gasteiger partial charge in [-0.05, 0) is 118 Å². The fourth-order valence-electron chi connectivity index (χ4n) is 10.6. The van der Waals surface area contributed by atoms with Crippen molar-refractivity contribution >= 4 is 43.6 Å². The van der Waals surface area contributed by atoms with Crippen molar-refractivity contribution in [2.75, 3.05) is 0 Å². The molecule has 0 aliphatic heterocycles. The minimum absolute atomic E-state index is 0.387. The van der Waals surface area contributed by atoms with E-state index >= 15 is 0 Å². The second-order valence-corrected chi connectivity index (χ2v) is 18.5. The number of hydrogen-bond donors (Lipinski definition) is 0. The zero-order valence-electron chi connectivity index (χ0n) is 40.4. The van der Waals surface area contributed by atoms with Gasteiger partial charge in [-0.3, -0.25) is 0 Å². The Labute approximate surface area is 436 Å². The molecule has 0 amide bonds. The lowest BCUT2D eigenvalue weighted by Gasteiger charge is -2.17. The van der Waals surface area contributed by atoms with Crippen LogP contribution in [0, 0.1) is 45.3 Å². The normalized spacial score (nSPS) is 11.1. The molecule has 0 N–H and O–H groups in total. The van der Waals surface area contributed by atoms with E-state index in [-0.39, 0.29) is 0 Å². The molecule has 9 nitrogen and oxygen atoms in total. The second-order valence-electron chi connectivity index (χ2n) is 18.5. The largest absolute Gasteiger partial charge is 0.309 e. The molecule has 0 aliphatic carbocycles. The molecule has 0 spiro atoms. The van der Waals surface area contributed by atoms with Crippen molar-refractivity contribution in [3.8, 4) is 103 Å². The van der Waals surface area contributed by atoms with Crippen LogP contribution < -0.4 is 0 Å². The molecule has 0 radical (unpaired) electrons. The molecule has 0 unspecified atom stereocenters. The highest BCUT2D eigenvalue weighted by Gasteiger charge is 2.23. The smallest absolute Gasteiger partial charge is 0.166 e. The number of fused-ring (bicyclic) bond motifs is 6. The van der Waals surface area contributed by atoms with Crippen LogP contribution in [0.1, 0.15) is 22.3 Å². The van der Waals surface area contributed by atoms with E-state index in [0.717, 1.165) is 88.5 Å². The average Bonchev–Trinajstić information content (AvgIpc) is 4.11. The van der Waals surface area contributed by atoms with Gasteiger partial charge in [0.05, 0.1) is 74.3 Å². The zero-order valence-corrected chi connectivity index (χ0v) is 40.4. The number of rotatable bonds is 8. The van der Waals surface area contributed by atoms with Crippen LogP contribution in [0.4, 0.5) is 0 Å². The maximum absolute atomic E-state index is 10.3. The van der Waals surface area contributed by atoms with E-state index in [1.807, 2.05) is 91.0 Å². The predicted octanol–water partition coefficient (Wildman–Crippen LogP) is 15.6. The molecular weight excluding hydrogens is 931 g/mol. The molecule has 76 heavy (non-hydrogen) atoms. The molecule has 9 heteroatoms. The maximum atomic E-state index is 10.3. The minimum atomic E-state index is 0.387. The highest BCUT2D eigenvalue weighted by molar-refractivity contribution is 6.13. The van der Waals surface area contributed by atoms with Crippen LogP contribution >= 0.6 is 0 Å². The Morgan fingerprint density at radius 1 is 0.289 bits per heavy atom. The molecule has 0 fully saturated rings. The second kappa shape index (κ2) is 18.4. The van der Waals surface area contributed by atoms with Gasteiger partial charge in [-0.25, -0.2) is 15.0 Å². The summed E-state index contributed by atoms with van der Waals surface area (Å²) in [6.07, 6.45) is 0. The Kier molecular flexibility index (Phi) is 10.8. The number of nitriles is 4. The molecule has 13 aromatic rings. The van der Waals surface area contributed by atoms with Crippen LogP contribution in [0.3, 0.4) is 0 Å². The van der Waals surface area contributed by atoms with Crippen molar-refractivity contribution in [2.45, 2.75) is 0 Å². The quantitative estimate of drug-likeness (QED) is 0.147. The Bertz CT molecular complexity index is 4490. The number of hydrogen-bond acceptors (Lipinski definition) is 7. The van der Waals surface area contributed by atoms with Gasteiger partial charge in [0, 0.05) is 43.9 Å². The molecular formula is C67H37N9.